The highest BCUT2D eigenvalue weighted by atomic mass is 16.7. The number of amides is 8. The van der Waals surface area contributed by atoms with Gasteiger partial charge < -0.3 is 59.4 Å². The molecule has 0 spiro atoms. The number of nitrogens with zero attached hydrogens (tertiary/aromatic N) is 7. The number of esters is 4. The van der Waals surface area contributed by atoms with Crippen LogP contribution in [0.3, 0.4) is 0 Å². The summed E-state index contributed by atoms with van der Waals surface area (Å²) in [6, 6.07) is 17.4. The minimum absolute atomic E-state index is 0.0400. The van der Waals surface area contributed by atoms with E-state index in [1.54, 1.807) is 73.7 Å². The Balaban J connectivity index is 0.729. The number of barbiturate groups is 1. The normalized spacial score (nSPS) is 18.6. The van der Waals surface area contributed by atoms with Crippen molar-refractivity contribution in [3.63, 3.8) is 0 Å². The van der Waals surface area contributed by atoms with Gasteiger partial charge in [-0.25, -0.2) is 9.59 Å². The molecular formula is C72H92N10O15. The number of rotatable bonds is 28. The van der Waals surface area contributed by atoms with Gasteiger partial charge in [0, 0.05) is 125 Å². The number of allylic oxidation sites excluding steroid dienone is 5. The van der Waals surface area contributed by atoms with Crippen molar-refractivity contribution in [1.82, 2.24) is 40.0 Å². The van der Waals surface area contributed by atoms with Crippen LogP contribution in [0.5, 0.6) is 0 Å². The number of likely N-dealkylation sites (N-methyl/N-ethyl adjacent to an activating group) is 1. The van der Waals surface area contributed by atoms with Crippen molar-refractivity contribution in [1.29, 1.82) is 0 Å². The Hall–Kier alpha value is -9.23. The number of benzene rings is 3. The lowest BCUT2D eigenvalue weighted by Gasteiger charge is -2.37. The van der Waals surface area contributed by atoms with Crippen molar-refractivity contribution in [3.05, 3.63) is 124 Å². The number of hydrogen-bond donors (Lipinski definition) is 3. The number of carbonyl (C=O) groups is 11. The van der Waals surface area contributed by atoms with Gasteiger partial charge in [0.05, 0.1) is 23.2 Å². The molecule has 0 aliphatic carbocycles. The fourth-order valence-corrected chi connectivity index (χ4v) is 13.6. The first-order valence-corrected chi connectivity index (χ1v) is 34.1. The lowest BCUT2D eigenvalue weighted by atomic mass is 9.83. The van der Waals surface area contributed by atoms with Crippen LogP contribution >= 0.6 is 0 Å². The molecule has 0 atom stereocenters. The summed E-state index contributed by atoms with van der Waals surface area (Å²) in [5.74, 6) is -5.05. The Bertz CT molecular complexity index is 3500. The second kappa shape index (κ2) is 34.1. The molecule has 3 aromatic carbocycles. The van der Waals surface area contributed by atoms with E-state index in [2.05, 4.69) is 25.8 Å². The van der Waals surface area contributed by atoms with E-state index in [-0.39, 0.29) is 67.2 Å². The SMILES string of the molecule is CCN1C(=O)/C(=C/C=C/C=C2/N(CCC(=O)OCOC(C)=O)c3ccc(C(=O)OCOC(C)=O)cc3C2(C)C)C(=O)N(CCC(=O)NCCCCCCNC(=O)c2ccc(Nc3cc(C(=O)N4CCC(N5CCCC5)CC4)ccc3C(=O)N3CCC(N4CCCC4)CC3)cc2)C1=O. The molecule has 0 aromatic heterocycles. The molecule has 520 valence electrons. The fraction of sp³-hybridized carbons (Fsp3) is 0.514. The number of anilines is 3. The Kier molecular flexibility index (Phi) is 25.3. The van der Waals surface area contributed by atoms with Crippen molar-refractivity contribution < 1.29 is 71.7 Å². The maximum Gasteiger partial charge on any atom is 0.341 e. The molecule has 0 unspecified atom stereocenters. The Morgan fingerprint density at radius 1 is 0.567 bits per heavy atom. The van der Waals surface area contributed by atoms with Crippen molar-refractivity contribution in [2.24, 2.45) is 0 Å². The minimum atomic E-state index is -0.868. The molecule has 8 amide bonds. The second-order valence-electron chi connectivity index (χ2n) is 25.8. The number of likely N-dealkylation sites (tertiary alicyclic amines) is 4. The number of hydrogen-bond acceptors (Lipinski definition) is 19. The number of piperidine rings is 2. The van der Waals surface area contributed by atoms with E-state index in [1.807, 2.05) is 28.5 Å². The number of carbonyl (C=O) groups excluding carboxylic acids is 11. The third-order valence-electron chi connectivity index (χ3n) is 19.0. The lowest BCUT2D eigenvalue weighted by Crippen LogP contribution is -2.56. The van der Waals surface area contributed by atoms with Crippen molar-refractivity contribution >= 4 is 82.4 Å². The van der Waals surface area contributed by atoms with Gasteiger partial charge in [-0.2, -0.15) is 0 Å². The topological polar surface area (TPSA) is 283 Å². The Labute approximate surface area is 566 Å². The summed E-state index contributed by atoms with van der Waals surface area (Å²) in [7, 11) is 0. The van der Waals surface area contributed by atoms with Crippen molar-refractivity contribution in [2.75, 3.05) is 109 Å². The molecule has 25 heteroatoms. The molecule has 6 aliphatic rings. The van der Waals surface area contributed by atoms with Crippen LogP contribution in [0.15, 0.2) is 96.2 Å². The van der Waals surface area contributed by atoms with E-state index in [4.69, 9.17) is 18.9 Å². The van der Waals surface area contributed by atoms with Crippen molar-refractivity contribution in [2.45, 2.75) is 142 Å². The molecule has 3 N–H and O–H groups in total. The molecule has 5 fully saturated rings. The highest BCUT2D eigenvalue weighted by molar-refractivity contribution is 6.29. The zero-order chi connectivity index (χ0) is 69.2. The molecule has 5 saturated heterocycles. The van der Waals surface area contributed by atoms with Crippen LogP contribution in [0.4, 0.5) is 21.9 Å². The van der Waals surface area contributed by atoms with E-state index in [0.717, 1.165) is 74.5 Å². The van der Waals surface area contributed by atoms with Crippen LogP contribution in [0.2, 0.25) is 0 Å². The standard InChI is InChI=1S/C72H92N10O15/c1-6-80-68(90)58(17-9-10-18-62-72(4,5)59-45-53(70(92)97-48-95-50(3)84)22-26-61(59)81(62)44-32-64(86)96-47-94-49(2)83)69(91)82(71(80)93)43-31-63(85)73-33-11-7-8-12-34-74-65(87)51-19-23-54(24-20-51)75-60-46-52(66(88)78-39-27-55(28-40-78)76-35-13-14-36-76)21-25-57(60)67(89)79-41-29-56(30-42-79)77-37-15-16-38-77/h9-10,17-26,45-46,55-56,75H,6-8,11-16,27-44,47-48H2,1-5H3,(H,73,85)(H,74,87)/b10-9+,58-17-,62-18+. The first-order valence-electron chi connectivity index (χ1n) is 34.1. The van der Waals surface area contributed by atoms with Crippen LogP contribution < -0.4 is 20.9 Å². The zero-order valence-corrected chi connectivity index (χ0v) is 56.5. The molecule has 97 heavy (non-hydrogen) atoms. The Morgan fingerprint density at radius 3 is 1.72 bits per heavy atom. The van der Waals surface area contributed by atoms with Crippen LogP contribution in [0.1, 0.15) is 172 Å². The Morgan fingerprint density at radius 2 is 1.11 bits per heavy atom. The smallest absolute Gasteiger partial charge is 0.341 e. The molecule has 0 radical (unpaired) electrons. The first-order chi connectivity index (χ1) is 46.7. The average Bonchev–Trinajstić information content (AvgIpc) is 1.61. The van der Waals surface area contributed by atoms with E-state index in [1.165, 1.54) is 57.7 Å². The third kappa shape index (κ3) is 18.7. The molecule has 3 aromatic rings. The van der Waals surface area contributed by atoms with Gasteiger partial charge in [-0.3, -0.25) is 53.0 Å². The molecule has 25 nitrogen and oxygen atoms in total. The van der Waals surface area contributed by atoms with Crippen LogP contribution in [0.25, 0.3) is 0 Å². The van der Waals surface area contributed by atoms with E-state index in [9.17, 15) is 52.7 Å². The number of fused-ring (bicyclic) bond motifs is 1. The monoisotopic (exact) mass is 1340 g/mol. The molecule has 6 aliphatic heterocycles. The second-order valence-corrected chi connectivity index (χ2v) is 25.8. The molecule has 9 rings (SSSR count). The highest BCUT2D eigenvalue weighted by Crippen LogP contribution is 2.48. The first kappa shape index (κ1) is 72.0. The summed E-state index contributed by atoms with van der Waals surface area (Å²) >= 11 is 0. The predicted molar refractivity (Wildman–Crippen MR) is 360 cm³/mol. The van der Waals surface area contributed by atoms with Crippen LogP contribution in [0, 0.1) is 0 Å². The third-order valence-corrected chi connectivity index (χ3v) is 19.0. The van der Waals surface area contributed by atoms with Gasteiger partial charge in [-0.05, 0) is 176 Å². The van der Waals surface area contributed by atoms with Gasteiger partial charge in [0.25, 0.3) is 29.5 Å². The van der Waals surface area contributed by atoms with Gasteiger partial charge in [0.1, 0.15) is 5.57 Å². The van der Waals surface area contributed by atoms with Crippen LogP contribution in [-0.4, -0.2) is 206 Å². The number of nitrogens with one attached hydrogen (secondary N) is 3. The highest BCUT2D eigenvalue weighted by Gasteiger charge is 2.43. The average molecular weight is 1340 g/mol. The van der Waals surface area contributed by atoms with E-state index >= 15 is 0 Å². The van der Waals surface area contributed by atoms with E-state index < -0.39 is 60.7 Å². The minimum Gasteiger partial charge on any atom is -0.428 e. The van der Waals surface area contributed by atoms with Crippen molar-refractivity contribution in [3.8, 4) is 0 Å². The number of urea groups is 1. The summed E-state index contributed by atoms with van der Waals surface area (Å²) in [6.07, 6.45) is 17.3. The number of unbranched alkanes of at least 4 members (excludes halogenated alkanes) is 3. The summed E-state index contributed by atoms with van der Waals surface area (Å²) in [5.41, 5.74) is 3.73. The molecular weight excluding hydrogens is 1240 g/mol. The summed E-state index contributed by atoms with van der Waals surface area (Å²) in [5, 5.41) is 9.27. The molecule has 0 bridgehead atoms. The molecule has 0 saturated carbocycles. The van der Waals surface area contributed by atoms with Gasteiger partial charge >= 0.3 is 29.9 Å². The maximum atomic E-state index is 14.3. The van der Waals surface area contributed by atoms with E-state index in [0.29, 0.717) is 109 Å². The number of ether oxygens (including phenoxy) is 4. The summed E-state index contributed by atoms with van der Waals surface area (Å²) < 4.78 is 19.7. The predicted octanol–water partition coefficient (Wildman–Crippen LogP) is 7.73. The summed E-state index contributed by atoms with van der Waals surface area (Å²) in [4.78, 5) is 156. The zero-order valence-electron chi connectivity index (χ0n) is 56.5. The quantitative estimate of drug-likeness (QED) is 0.0206. The summed E-state index contributed by atoms with van der Waals surface area (Å²) in [6.45, 7) is 14.4. The lowest BCUT2D eigenvalue weighted by molar-refractivity contribution is -0.165. The fourth-order valence-electron chi connectivity index (χ4n) is 13.6. The van der Waals surface area contributed by atoms with Crippen LogP contribution in [-0.2, 0) is 53.1 Å². The van der Waals surface area contributed by atoms with Gasteiger partial charge in [-0.15, -0.1) is 0 Å². The van der Waals surface area contributed by atoms with Gasteiger partial charge in [0.2, 0.25) is 19.5 Å². The largest absolute Gasteiger partial charge is 0.428 e. The van der Waals surface area contributed by atoms with Gasteiger partial charge in [-0.1, -0.05) is 38.8 Å². The molecule has 6 heterocycles. The number of imide groups is 2. The maximum absolute atomic E-state index is 14.3. The van der Waals surface area contributed by atoms with Gasteiger partial charge in [0.15, 0.2) is 0 Å².